The van der Waals surface area contributed by atoms with E-state index in [1.807, 2.05) is 49.9 Å². The van der Waals surface area contributed by atoms with E-state index in [-0.39, 0.29) is 30.5 Å². The van der Waals surface area contributed by atoms with Crippen molar-refractivity contribution in [2.45, 2.75) is 58.2 Å². The summed E-state index contributed by atoms with van der Waals surface area (Å²) in [5.41, 5.74) is 2.10. The molecule has 28 heavy (non-hydrogen) atoms. The van der Waals surface area contributed by atoms with Gasteiger partial charge in [0.2, 0.25) is 0 Å². The monoisotopic (exact) mass is 405 g/mol. The van der Waals surface area contributed by atoms with Gasteiger partial charge in [0.15, 0.2) is 5.69 Å². The van der Waals surface area contributed by atoms with Gasteiger partial charge in [-0.25, -0.2) is 4.68 Å². The summed E-state index contributed by atoms with van der Waals surface area (Å²) >= 11 is 0. The fraction of sp³-hybridized carbons (Fsp3) is 0.550. The maximum Gasteiger partial charge on any atom is 0.276 e. The molecule has 0 aliphatic carbocycles. The molecule has 4 rings (SSSR count). The highest BCUT2D eigenvalue weighted by Crippen LogP contribution is 2.30. The molecule has 2 aliphatic rings. The summed E-state index contributed by atoms with van der Waals surface area (Å²) in [6.07, 6.45) is 3.29. The van der Waals surface area contributed by atoms with Crippen molar-refractivity contribution in [1.29, 1.82) is 0 Å². The highest BCUT2D eigenvalue weighted by atomic mass is 35.5. The van der Waals surface area contributed by atoms with Gasteiger partial charge in [-0.1, -0.05) is 5.21 Å². The maximum atomic E-state index is 13.2. The van der Waals surface area contributed by atoms with Gasteiger partial charge in [-0.3, -0.25) is 4.79 Å². The van der Waals surface area contributed by atoms with Crippen LogP contribution in [0.4, 0.5) is 0 Å². The SMILES string of the molecule is Cc1c(C(=O)N2C3CCNCC2CC3)nnn1-c1ccc(OC(C)C)cc1.Cl. The second kappa shape index (κ2) is 8.49. The van der Waals surface area contributed by atoms with Crippen molar-refractivity contribution in [2.75, 3.05) is 13.1 Å². The zero-order valence-corrected chi connectivity index (χ0v) is 17.4. The van der Waals surface area contributed by atoms with Crippen LogP contribution >= 0.6 is 12.4 Å². The number of amides is 1. The number of carbonyl (C=O) groups is 1. The number of benzene rings is 1. The van der Waals surface area contributed by atoms with E-state index in [1.165, 1.54) is 0 Å². The quantitative estimate of drug-likeness (QED) is 0.846. The van der Waals surface area contributed by atoms with Crippen LogP contribution < -0.4 is 10.1 Å². The third-order valence-corrected chi connectivity index (χ3v) is 5.44. The van der Waals surface area contributed by atoms with E-state index in [0.717, 1.165) is 49.5 Å². The van der Waals surface area contributed by atoms with Crippen LogP contribution in [0.1, 0.15) is 49.3 Å². The summed E-state index contributed by atoms with van der Waals surface area (Å²) in [5, 5.41) is 11.9. The standard InChI is InChI=1S/C20H27N5O2.ClH/c1-13(2)27-18-8-6-16(7-9-18)25-14(3)19(22-23-25)20(26)24-15-4-5-17(24)12-21-11-10-15;/h6-9,13,15,17,21H,4-5,10-12H2,1-3H3;1H. The summed E-state index contributed by atoms with van der Waals surface area (Å²) in [5.74, 6) is 0.825. The second-order valence-electron chi connectivity index (χ2n) is 7.69. The predicted octanol–water partition coefficient (Wildman–Crippen LogP) is 2.75. The fourth-order valence-electron chi connectivity index (χ4n) is 4.15. The molecule has 152 valence electrons. The molecule has 1 aromatic heterocycles. The number of rotatable bonds is 4. The molecule has 2 atom stereocenters. The Morgan fingerprint density at radius 2 is 1.89 bits per heavy atom. The van der Waals surface area contributed by atoms with Gasteiger partial charge in [-0.15, -0.1) is 17.5 Å². The molecule has 2 fully saturated rings. The number of ether oxygens (including phenoxy) is 1. The van der Waals surface area contributed by atoms with Gasteiger partial charge in [0.1, 0.15) is 5.75 Å². The van der Waals surface area contributed by atoms with Crippen molar-refractivity contribution < 1.29 is 9.53 Å². The van der Waals surface area contributed by atoms with Crippen molar-refractivity contribution in [1.82, 2.24) is 25.2 Å². The van der Waals surface area contributed by atoms with Crippen LogP contribution in [0.2, 0.25) is 0 Å². The summed E-state index contributed by atoms with van der Waals surface area (Å²) in [6, 6.07) is 8.29. The van der Waals surface area contributed by atoms with Crippen molar-refractivity contribution in [3.8, 4) is 11.4 Å². The van der Waals surface area contributed by atoms with E-state index in [1.54, 1.807) is 4.68 Å². The first-order chi connectivity index (χ1) is 13.0. The lowest BCUT2D eigenvalue weighted by Gasteiger charge is -2.27. The average Bonchev–Trinajstić information content (AvgIpc) is 3.13. The number of halogens is 1. The van der Waals surface area contributed by atoms with Crippen molar-refractivity contribution in [3.05, 3.63) is 35.7 Å². The third-order valence-electron chi connectivity index (χ3n) is 5.44. The Hall–Kier alpha value is -2.12. The molecule has 1 N–H and O–H groups in total. The van der Waals surface area contributed by atoms with Gasteiger partial charge in [-0.05, 0) is 70.8 Å². The normalized spacial score (nSPS) is 21.4. The lowest BCUT2D eigenvalue weighted by molar-refractivity contribution is 0.0673. The number of nitrogens with zero attached hydrogens (tertiary/aromatic N) is 4. The Morgan fingerprint density at radius 3 is 2.61 bits per heavy atom. The topological polar surface area (TPSA) is 72.3 Å². The van der Waals surface area contributed by atoms with Gasteiger partial charge < -0.3 is 15.0 Å². The molecule has 2 bridgehead atoms. The zero-order chi connectivity index (χ0) is 19.0. The van der Waals surface area contributed by atoms with Crippen LogP contribution in [-0.2, 0) is 0 Å². The molecular formula is C20H28ClN5O2. The molecule has 2 saturated heterocycles. The fourth-order valence-corrected chi connectivity index (χ4v) is 4.15. The van der Waals surface area contributed by atoms with Gasteiger partial charge in [0.25, 0.3) is 5.91 Å². The minimum Gasteiger partial charge on any atom is -0.491 e. The average molecular weight is 406 g/mol. The van der Waals surface area contributed by atoms with Crippen LogP contribution in [-0.4, -0.2) is 57.1 Å². The molecule has 3 heterocycles. The minimum atomic E-state index is 0. The molecule has 0 spiro atoms. The Balaban J connectivity index is 0.00000225. The summed E-state index contributed by atoms with van der Waals surface area (Å²) < 4.78 is 7.41. The Labute approximate surface area is 171 Å². The molecule has 7 nitrogen and oxygen atoms in total. The smallest absolute Gasteiger partial charge is 0.276 e. The van der Waals surface area contributed by atoms with Crippen LogP contribution in [0.3, 0.4) is 0 Å². The minimum absolute atomic E-state index is 0. The molecule has 2 aromatic rings. The molecule has 8 heteroatoms. The second-order valence-corrected chi connectivity index (χ2v) is 7.69. The molecule has 1 aromatic carbocycles. The van der Waals surface area contributed by atoms with Crippen LogP contribution in [0.25, 0.3) is 5.69 Å². The van der Waals surface area contributed by atoms with Crippen molar-refractivity contribution in [3.63, 3.8) is 0 Å². The number of carbonyl (C=O) groups excluding carboxylic acids is 1. The molecule has 1 amide bonds. The van der Waals surface area contributed by atoms with Crippen LogP contribution in [0, 0.1) is 6.92 Å². The van der Waals surface area contributed by atoms with E-state index in [2.05, 4.69) is 15.6 Å². The van der Waals surface area contributed by atoms with E-state index in [0.29, 0.717) is 11.7 Å². The molecule has 0 radical (unpaired) electrons. The third kappa shape index (κ3) is 3.86. The lowest BCUT2D eigenvalue weighted by Crippen LogP contribution is -2.43. The Kier molecular flexibility index (Phi) is 6.25. The number of fused-ring (bicyclic) bond motifs is 2. The highest BCUT2D eigenvalue weighted by Gasteiger charge is 2.39. The van der Waals surface area contributed by atoms with Gasteiger partial charge >= 0.3 is 0 Å². The first kappa shape index (κ1) is 20.6. The number of nitrogens with one attached hydrogen (secondary N) is 1. The molecular weight excluding hydrogens is 378 g/mol. The molecule has 2 unspecified atom stereocenters. The van der Waals surface area contributed by atoms with Crippen molar-refractivity contribution in [2.24, 2.45) is 0 Å². The van der Waals surface area contributed by atoms with E-state index >= 15 is 0 Å². The van der Waals surface area contributed by atoms with E-state index in [9.17, 15) is 4.79 Å². The van der Waals surface area contributed by atoms with Crippen LogP contribution in [0.15, 0.2) is 24.3 Å². The number of hydrogen-bond acceptors (Lipinski definition) is 5. The predicted molar refractivity (Wildman–Crippen MR) is 110 cm³/mol. The lowest BCUT2D eigenvalue weighted by atomic mass is 10.1. The summed E-state index contributed by atoms with van der Waals surface area (Å²) in [7, 11) is 0. The highest BCUT2D eigenvalue weighted by molar-refractivity contribution is 5.94. The van der Waals surface area contributed by atoms with Gasteiger partial charge in [0.05, 0.1) is 17.5 Å². The molecule has 0 saturated carbocycles. The summed E-state index contributed by atoms with van der Waals surface area (Å²) in [6.45, 7) is 7.75. The summed E-state index contributed by atoms with van der Waals surface area (Å²) in [4.78, 5) is 15.3. The molecule has 2 aliphatic heterocycles. The van der Waals surface area contributed by atoms with Gasteiger partial charge in [-0.2, -0.15) is 0 Å². The van der Waals surface area contributed by atoms with Crippen LogP contribution in [0.5, 0.6) is 5.75 Å². The van der Waals surface area contributed by atoms with Crippen molar-refractivity contribution >= 4 is 18.3 Å². The Morgan fingerprint density at radius 1 is 1.18 bits per heavy atom. The van der Waals surface area contributed by atoms with Gasteiger partial charge in [0, 0.05) is 18.6 Å². The first-order valence-corrected chi connectivity index (χ1v) is 9.77. The Bertz CT molecular complexity index is 807. The zero-order valence-electron chi connectivity index (χ0n) is 16.6. The number of aromatic nitrogens is 3. The maximum absolute atomic E-state index is 13.2. The van der Waals surface area contributed by atoms with E-state index < -0.39 is 0 Å². The first-order valence-electron chi connectivity index (χ1n) is 9.77. The largest absolute Gasteiger partial charge is 0.491 e. The van der Waals surface area contributed by atoms with E-state index in [4.69, 9.17) is 4.74 Å². The number of hydrogen-bond donors (Lipinski definition) is 1.